The Morgan fingerprint density at radius 1 is 0.515 bits per heavy atom. The summed E-state index contributed by atoms with van der Waals surface area (Å²) >= 11 is 0. The zero-order chi connectivity index (χ0) is 47.4. The molecule has 0 unspecified atom stereocenters. The normalized spacial score (nSPS) is 13.3. The fraction of sp³-hybridized carbons (Fsp3) is 0.131. The number of anilines is 6. The van der Waals surface area contributed by atoms with Crippen molar-refractivity contribution < 1.29 is 4.11 Å². The van der Waals surface area contributed by atoms with Crippen molar-refractivity contribution in [2.75, 3.05) is 28.3 Å². The van der Waals surface area contributed by atoms with Crippen molar-refractivity contribution in [1.82, 2.24) is 9.55 Å². The molecule has 0 saturated heterocycles. The molecule has 5 heteroatoms. The summed E-state index contributed by atoms with van der Waals surface area (Å²) < 4.78 is 27.7. The zero-order valence-corrected chi connectivity index (χ0v) is 37.7. The van der Waals surface area contributed by atoms with Crippen LogP contribution in [0.3, 0.4) is 0 Å². The molecule has 0 spiro atoms. The van der Waals surface area contributed by atoms with Crippen molar-refractivity contribution in [2.45, 2.75) is 39.5 Å². The molecule has 0 bridgehead atoms. The maximum atomic E-state index is 8.47. The Morgan fingerprint density at radius 2 is 1.12 bits per heavy atom. The molecule has 0 atom stereocenters. The molecule has 0 saturated carbocycles. The van der Waals surface area contributed by atoms with Crippen molar-refractivity contribution in [3.8, 4) is 39.2 Å². The second kappa shape index (κ2) is 16.9. The Kier molecular flexibility index (Phi) is 9.60. The van der Waals surface area contributed by atoms with Gasteiger partial charge in [0.2, 0.25) is 0 Å². The summed E-state index contributed by atoms with van der Waals surface area (Å²) in [6.45, 7) is 6.97. The first-order valence-electron chi connectivity index (χ1n) is 24.5. The number of para-hydroxylation sites is 4. The number of hydrogen-bond donors (Lipinski definition) is 0. The second-order valence-corrected chi connectivity index (χ2v) is 17.9. The van der Waals surface area contributed by atoms with Gasteiger partial charge in [-0.1, -0.05) is 167 Å². The van der Waals surface area contributed by atoms with Gasteiger partial charge in [0, 0.05) is 56.2 Å². The Bertz CT molecular complexity index is 3420. The molecule has 322 valence electrons. The number of benzene rings is 8. The average Bonchev–Trinajstić information content (AvgIpc) is 3.94. The first-order valence-corrected chi connectivity index (χ1v) is 23.0. The summed E-state index contributed by atoms with van der Waals surface area (Å²) in [4.78, 5) is 11.1. The van der Waals surface area contributed by atoms with Crippen LogP contribution in [0.1, 0.15) is 54.8 Å². The number of pyridine rings is 1. The Balaban J connectivity index is 1.17. The smallest absolute Gasteiger partial charge is 0.138 e. The van der Waals surface area contributed by atoms with E-state index in [0.29, 0.717) is 17.5 Å². The van der Waals surface area contributed by atoms with Crippen LogP contribution in [0, 0.1) is 0 Å². The SMILES string of the molecule is [2H]C([2H])([2H])N1CN(c2cccc(N(c3ccc4c5ccccc5n(-c5cc(-c6c(C(C)C)cccc6C(C)C)ccn5)c4c3)c3c(-c4ccccc4)cccc3-c3ccccc3)c2)c2ccccc21. The minimum Gasteiger partial charge on any atom is -0.355 e. The third-order valence-corrected chi connectivity index (χ3v) is 13.1. The van der Waals surface area contributed by atoms with Crippen LogP contribution in [0.2, 0.25) is 0 Å². The van der Waals surface area contributed by atoms with E-state index in [1.807, 2.05) is 30.5 Å². The predicted octanol–water partition coefficient (Wildman–Crippen LogP) is 16.4. The van der Waals surface area contributed by atoms with E-state index < -0.39 is 6.98 Å². The molecule has 5 nitrogen and oxygen atoms in total. The molecule has 10 aromatic rings. The Labute approximate surface area is 392 Å². The minimum atomic E-state index is -2.32. The third-order valence-electron chi connectivity index (χ3n) is 13.1. The highest BCUT2D eigenvalue weighted by Crippen LogP contribution is 2.49. The predicted molar refractivity (Wildman–Crippen MR) is 280 cm³/mol. The van der Waals surface area contributed by atoms with Gasteiger partial charge in [-0.2, -0.15) is 0 Å². The van der Waals surface area contributed by atoms with E-state index in [1.165, 1.54) is 21.6 Å². The number of aromatic nitrogens is 2. The van der Waals surface area contributed by atoms with E-state index in [0.717, 1.165) is 83.9 Å². The van der Waals surface area contributed by atoms with Gasteiger partial charge in [0.05, 0.1) is 34.8 Å². The zero-order valence-electron chi connectivity index (χ0n) is 40.7. The van der Waals surface area contributed by atoms with E-state index in [2.05, 4.69) is 218 Å². The van der Waals surface area contributed by atoms with E-state index in [4.69, 9.17) is 9.10 Å². The van der Waals surface area contributed by atoms with Crippen molar-refractivity contribution in [3.63, 3.8) is 0 Å². The van der Waals surface area contributed by atoms with Gasteiger partial charge in [-0.25, -0.2) is 4.98 Å². The lowest BCUT2D eigenvalue weighted by molar-refractivity contribution is 0.838. The standard InChI is InChI=1S/C61H53N5/c1-41(2)49-26-17-27-50(42(3)4)60(49)45-35-36-62-59(37-45)66-55-30-13-12-25-53(55)54-34-33-48(39-58(54)66)65(47-24-16-23-46(38-47)64-40-63(5)56-31-14-15-32-57(56)64)61-51(43-19-8-6-9-20-43)28-18-29-52(61)44-21-10-7-11-22-44/h6-39,41-42H,40H2,1-5H3/i5D3. The summed E-state index contributed by atoms with van der Waals surface area (Å²) in [5.74, 6) is 1.53. The molecule has 1 aliphatic heterocycles. The van der Waals surface area contributed by atoms with Gasteiger partial charge in [0.25, 0.3) is 0 Å². The van der Waals surface area contributed by atoms with E-state index >= 15 is 0 Å². The van der Waals surface area contributed by atoms with Gasteiger partial charge in [-0.15, -0.1) is 0 Å². The van der Waals surface area contributed by atoms with E-state index in [9.17, 15) is 0 Å². The van der Waals surface area contributed by atoms with E-state index in [1.54, 1.807) is 0 Å². The van der Waals surface area contributed by atoms with Crippen molar-refractivity contribution in [2.24, 2.45) is 0 Å². The molecule has 8 aromatic carbocycles. The van der Waals surface area contributed by atoms with Gasteiger partial charge in [0.15, 0.2) is 0 Å². The Hall–Kier alpha value is -7.89. The number of rotatable bonds is 10. The van der Waals surface area contributed by atoms with Crippen LogP contribution >= 0.6 is 0 Å². The van der Waals surface area contributed by atoms with Crippen LogP contribution in [0.5, 0.6) is 0 Å². The molecule has 11 rings (SSSR count). The second-order valence-electron chi connectivity index (χ2n) is 17.9. The fourth-order valence-electron chi connectivity index (χ4n) is 10.1. The molecular weight excluding hydrogens is 803 g/mol. The maximum absolute atomic E-state index is 8.47. The monoisotopic (exact) mass is 858 g/mol. The summed E-state index contributed by atoms with van der Waals surface area (Å²) in [6, 6.07) is 70.6. The van der Waals surface area contributed by atoms with Crippen molar-refractivity contribution >= 4 is 55.9 Å². The summed E-state index contributed by atoms with van der Waals surface area (Å²) in [7, 11) is 0. The largest absolute Gasteiger partial charge is 0.355 e. The fourth-order valence-corrected chi connectivity index (χ4v) is 10.1. The van der Waals surface area contributed by atoms with Gasteiger partial charge < -0.3 is 14.7 Å². The first kappa shape index (κ1) is 37.5. The molecule has 0 amide bonds. The summed E-state index contributed by atoms with van der Waals surface area (Å²) in [5, 5.41) is 2.27. The molecule has 0 radical (unpaired) electrons. The molecular formula is C61H53N5. The maximum Gasteiger partial charge on any atom is 0.138 e. The van der Waals surface area contributed by atoms with Crippen molar-refractivity contribution in [3.05, 3.63) is 218 Å². The lowest BCUT2D eigenvalue weighted by Crippen LogP contribution is -2.24. The molecule has 3 heterocycles. The topological polar surface area (TPSA) is 27.5 Å². The molecule has 0 N–H and O–H groups in total. The van der Waals surface area contributed by atoms with Crippen LogP contribution in [-0.4, -0.2) is 23.2 Å². The van der Waals surface area contributed by atoms with Crippen LogP contribution in [0.15, 0.2) is 206 Å². The highest BCUT2D eigenvalue weighted by Gasteiger charge is 2.28. The summed E-state index contributed by atoms with van der Waals surface area (Å²) in [6.07, 6.45) is 1.96. The highest BCUT2D eigenvalue weighted by molar-refractivity contribution is 6.11. The van der Waals surface area contributed by atoms with Crippen LogP contribution < -0.4 is 14.7 Å². The van der Waals surface area contributed by atoms with Crippen LogP contribution in [-0.2, 0) is 0 Å². The molecule has 2 aromatic heterocycles. The lowest BCUT2D eigenvalue weighted by Gasteiger charge is -2.31. The van der Waals surface area contributed by atoms with Gasteiger partial charge >= 0.3 is 0 Å². The lowest BCUT2D eigenvalue weighted by atomic mass is 9.85. The molecule has 1 aliphatic rings. The first-order chi connectivity index (χ1) is 33.5. The average molecular weight is 859 g/mol. The van der Waals surface area contributed by atoms with E-state index in [-0.39, 0.29) is 6.67 Å². The quantitative estimate of drug-likeness (QED) is 0.137. The Morgan fingerprint density at radius 3 is 1.82 bits per heavy atom. The minimum absolute atomic E-state index is 0.188. The molecule has 0 fully saturated rings. The van der Waals surface area contributed by atoms with Crippen molar-refractivity contribution in [1.29, 1.82) is 0 Å². The highest BCUT2D eigenvalue weighted by atomic mass is 15.4. The van der Waals surface area contributed by atoms with Gasteiger partial charge in [-0.3, -0.25) is 4.57 Å². The number of nitrogens with zero attached hydrogens (tertiary/aromatic N) is 5. The van der Waals surface area contributed by atoms with Gasteiger partial charge in [0.1, 0.15) is 5.82 Å². The molecule has 0 aliphatic carbocycles. The van der Waals surface area contributed by atoms with Gasteiger partial charge in [-0.05, 0) is 106 Å². The third kappa shape index (κ3) is 7.08. The molecule has 66 heavy (non-hydrogen) atoms. The van der Waals surface area contributed by atoms with Crippen LogP contribution in [0.4, 0.5) is 34.1 Å². The number of fused-ring (bicyclic) bond motifs is 4. The number of hydrogen-bond acceptors (Lipinski definition) is 4. The van der Waals surface area contributed by atoms with Crippen LogP contribution in [0.25, 0.3) is 61.0 Å². The summed E-state index contributed by atoms with van der Waals surface area (Å²) in [5.41, 5.74) is 16.8.